The molecule has 0 radical (unpaired) electrons. The number of rotatable bonds is 8. The standard InChI is InChI=1S/C20H22FN3O3/c1-26-11-10-24-17(14-6-8-16(21)9-7-14)13-23-20(24)22-12-15-4-3-5-18(27-2)19(15)25/h3-9,13,25H,10-12H2,1-2H3,(H,22,23). The van der Waals surface area contributed by atoms with Gasteiger partial charge in [0.15, 0.2) is 11.5 Å². The van der Waals surface area contributed by atoms with Crippen LogP contribution in [0.3, 0.4) is 0 Å². The van der Waals surface area contributed by atoms with Gasteiger partial charge in [-0.15, -0.1) is 0 Å². The number of phenolic OH excluding ortho intramolecular Hbond substituents is 1. The fourth-order valence-corrected chi connectivity index (χ4v) is 2.83. The summed E-state index contributed by atoms with van der Waals surface area (Å²) in [6.45, 7) is 1.45. The van der Waals surface area contributed by atoms with Crippen LogP contribution in [0.4, 0.5) is 10.3 Å². The lowest BCUT2D eigenvalue weighted by molar-refractivity contribution is 0.188. The van der Waals surface area contributed by atoms with E-state index < -0.39 is 0 Å². The number of hydrogen-bond acceptors (Lipinski definition) is 5. The van der Waals surface area contributed by atoms with E-state index in [1.807, 2.05) is 16.7 Å². The number of halogens is 1. The van der Waals surface area contributed by atoms with Crippen molar-refractivity contribution < 1.29 is 19.0 Å². The van der Waals surface area contributed by atoms with Gasteiger partial charge in [-0.3, -0.25) is 0 Å². The molecular weight excluding hydrogens is 349 g/mol. The Morgan fingerprint density at radius 2 is 1.93 bits per heavy atom. The summed E-state index contributed by atoms with van der Waals surface area (Å²) in [5.74, 6) is 0.868. The molecule has 1 heterocycles. The zero-order chi connectivity index (χ0) is 19.2. The molecule has 0 spiro atoms. The minimum Gasteiger partial charge on any atom is -0.504 e. The number of para-hydroxylation sites is 1. The summed E-state index contributed by atoms with van der Waals surface area (Å²) in [5, 5.41) is 13.5. The quantitative estimate of drug-likeness (QED) is 0.632. The van der Waals surface area contributed by atoms with Gasteiger partial charge in [-0.1, -0.05) is 12.1 Å². The summed E-state index contributed by atoms with van der Waals surface area (Å²) >= 11 is 0. The molecule has 0 saturated carbocycles. The van der Waals surface area contributed by atoms with E-state index >= 15 is 0 Å². The first-order valence-corrected chi connectivity index (χ1v) is 8.53. The number of aromatic nitrogens is 2. The summed E-state index contributed by atoms with van der Waals surface area (Å²) in [6.07, 6.45) is 1.73. The van der Waals surface area contributed by atoms with Crippen LogP contribution < -0.4 is 10.1 Å². The van der Waals surface area contributed by atoms with E-state index in [9.17, 15) is 9.50 Å². The summed E-state index contributed by atoms with van der Waals surface area (Å²) in [4.78, 5) is 4.44. The first-order valence-electron chi connectivity index (χ1n) is 8.53. The second-order valence-electron chi connectivity index (χ2n) is 5.94. The third-order valence-electron chi connectivity index (χ3n) is 4.25. The molecule has 0 fully saturated rings. The molecule has 0 unspecified atom stereocenters. The van der Waals surface area contributed by atoms with E-state index in [4.69, 9.17) is 9.47 Å². The minimum absolute atomic E-state index is 0.0984. The Hall–Kier alpha value is -3.06. The smallest absolute Gasteiger partial charge is 0.203 e. The summed E-state index contributed by atoms with van der Waals surface area (Å²) in [5.41, 5.74) is 2.40. The van der Waals surface area contributed by atoms with Gasteiger partial charge in [0.25, 0.3) is 0 Å². The van der Waals surface area contributed by atoms with Crippen LogP contribution in [0.15, 0.2) is 48.7 Å². The maximum absolute atomic E-state index is 13.2. The Morgan fingerprint density at radius 1 is 1.15 bits per heavy atom. The molecule has 7 heteroatoms. The molecule has 0 bridgehead atoms. The van der Waals surface area contributed by atoms with Gasteiger partial charge in [0.05, 0.1) is 25.6 Å². The van der Waals surface area contributed by atoms with Crippen molar-refractivity contribution >= 4 is 5.95 Å². The molecule has 0 aliphatic rings. The lowest BCUT2D eigenvalue weighted by Gasteiger charge is -2.14. The van der Waals surface area contributed by atoms with Crippen LogP contribution in [0, 0.1) is 5.82 Å². The molecule has 0 amide bonds. The first kappa shape index (κ1) is 18.7. The van der Waals surface area contributed by atoms with Crippen LogP contribution >= 0.6 is 0 Å². The van der Waals surface area contributed by atoms with E-state index in [-0.39, 0.29) is 11.6 Å². The summed E-state index contributed by atoms with van der Waals surface area (Å²) < 4.78 is 25.5. The molecule has 3 rings (SSSR count). The van der Waals surface area contributed by atoms with Crippen molar-refractivity contribution in [1.29, 1.82) is 0 Å². The molecule has 3 aromatic rings. The number of imidazole rings is 1. The van der Waals surface area contributed by atoms with Gasteiger partial charge in [0.1, 0.15) is 5.82 Å². The van der Waals surface area contributed by atoms with Crippen LogP contribution in [-0.4, -0.2) is 35.5 Å². The van der Waals surface area contributed by atoms with Crippen molar-refractivity contribution in [3.8, 4) is 22.8 Å². The van der Waals surface area contributed by atoms with Crippen molar-refractivity contribution in [3.05, 3.63) is 60.0 Å². The highest BCUT2D eigenvalue weighted by atomic mass is 19.1. The lowest BCUT2D eigenvalue weighted by Crippen LogP contribution is -2.12. The van der Waals surface area contributed by atoms with Gasteiger partial charge >= 0.3 is 0 Å². The summed E-state index contributed by atoms with van der Waals surface area (Å²) in [7, 11) is 3.15. The molecule has 142 valence electrons. The molecule has 0 aliphatic heterocycles. The largest absolute Gasteiger partial charge is 0.504 e. The molecule has 0 atom stereocenters. The number of nitrogens with one attached hydrogen (secondary N) is 1. The third-order valence-corrected chi connectivity index (χ3v) is 4.25. The van der Waals surface area contributed by atoms with Gasteiger partial charge in [0, 0.05) is 31.3 Å². The second kappa shape index (κ2) is 8.55. The molecule has 1 aromatic heterocycles. The average Bonchev–Trinajstić information content (AvgIpc) is 3.09. The van der Waals surface area contributed by atoms with Crippen molar-refractivity contribution in [2.24, 2.45) is 0 Å². The Labute approximate surface area is 157 Å². The SMILES string of the molecule is COCCn1c(-c2ccc(F)cc2)cnc1NCc1cccc(OC)c1O. The normalized spacial score (nSPS) is 10.8. The van der Waals surface area contributed by atoms with Crippen LogP contribution in [0.5, 0.6) is 11.5 Å². The Kier molecular flexibility index (Phi) is 5.93. The predicted molar refractivity (Wildman–Crippen MR) is 101 cm³/mol. The van der Waals surface area contributed by atoms with Crippen LogP contribution in [-0.2, 0) is 17.8 Å². The molecule has 2 N–H and O–H groups in total. The molecule has 2 aromatic carbocycles. The lowest BCUT2D eigenvalue weighted by atomic mass is 10.1. The van der Waals surface area contributed by atoms with Crippen LogP contribution in [0.1, 0.15) is 5.56 Å². The van der Waals surface area contributed by atoms with Crippen LogP contribution in [0.25, 0.3) is 11.3 Å². The maximum atomic E-state index is 13.2. The average molecular weight is 371 g/mol. The van der Waals surface area contributed by atoms with Crippen LogP contribution in [0.2, 0.25) is 0 Å². The van der Waals surface area contributed by atoms with Crippen molar-refractivity contribution in [2.45, 2.75) is 13.1 Å². The van der Waals surface area contributed by atoms with E-state index in [1.54, 1.807) is 31.5 Å². The maximum Gasteiger partial charge on any atom is 0.203 e. The van der Waals surface area contributed by atoms with Crippen molar-refractivity contribution in [3.63, 3.8) is 0 Å². The van der Waals surface area contributed by atoms with Gasteiger partial charge in [-0.05, 0) is 30.3 Å². The van der Waals surface area contributed by atoms with Gasteiger partial charge in [0.2, 0.25) is 5.95 Å². The predicted octanol–water partition coefficient (Wildman–Crippen LogP) is 3.66. The number of methoxy groups -OCH3 is 2. The van der Waals surface area contributed by atoms with E-state index in [1.165, 1.54) is 19.2 Å². The molecule has 0 aliphatic carbocycles. The Balaban J connectivity index is 1.86. The van der Waals surface area contributed by atoms with Crippen molar-refractivity contribution in [2.75, 3.05) is 26.1 Å². The zero-order valence-electron chi connectivity index (χ0n) is 15.3. The molecule has 27 heavy (non-hydrogen) atoms. The highest BCUT2D eigenvalue weighted by molar-refractivity contribution is 5.61. The number of ether oxygens (including phenoxy) is 2. The number of anilines is 1. The van der Waals surface area contributed by atoms with Crippen molar-refractivity contribution in [1.82, 2.24) is 9.55 Å². The van der Waals surface area contributed by atoms with E-state index in [0.717, 1.165) is 11.3 Å². The highest BCUT2D eigenvalue weighted by Gasteiger charge is 2.13. The van der Waals surface area contributed by atoms with Gasteiger partial charge in [-0.2, -0.15) is 0 Å². The number of hydrogen-bond donors (Lipinski definition) is 2. The molecule has 0 saturated heterocycles. The fraction of sp³-hybridized carbons (Fsp3) is 0.250. The van der Waals surface area contributed by atoms with Gasteiger partial charge in [-0.25, -0.2) is 9.37 Å². The Morgan fingerprint density at radius 3 is 2.63 bits per heavy atom. The molecular formula is C20H22FN3O3. The minimum atomic E-state index is -0.284. The monoisotopic (exact) mass is 371 g/mol. The number of aromatic hydroxyl groups is 1. The van der Waals surface area contributed by atoms with E-state index in [2.05, 4.69) is 10.3 Å². The number of nitrogens with zero attached hydrogens (tertiary/aromatic N) is 2. The third kappa shape index (κ3) is 4.20. The topological polar surface area (TPSA) is 68.5 Å². The number of phenols is 1. The zero-order valence-corrected chi connectivity index (χ0v) is 15.3. The summed E-state index contributed by atoms with van der Waals surface area (Å²) in [6, 6.07) is 11.6. The van der Waals surface area contributed by atoms with Gasteiger partial charge < -0.3 is 24.5 Å². The number of benzene rings is 2. The van der Waals surface area contributed by atoms with E-state index in [0.29, 0.717) is 37.0 Å². The second-order valence-corrected chi connectivity index (χ2v) is 5.94. The Bertz CT molecular complexity index is 894. The first-order chi connectivity index (χ1) is 13.1. The molecule has 6 nitrogen and oxygen atoms in total. The fourth-order valence-electron chi connectivity index (χ4n) is 2.83. The highest BCUT2D eigenvalue weighted by Crippen LogP contribution is 2.30.